The number of nitrogens with two attached hydrogens (primary N) is 1. The Balaban J connectivity index is 2.79. The maximum atomic E-state index is 6.02. The molecule has 0 saturated heterocycles. The van der Waals surface area contributed by atoms with Crippen LogP contribution in [0.3, 0.4) is 0 Å². The van der Waals surface area contributed by atoms with Crippen molar-refractivity contribution in [3.63, 3.8) is 0 Å². The van der Waals surface area contributed by atoms with Gasteiger partial charge in [0.2, 0.25) is 0 Å². The quantitative estimate of drug-likeness (QED) is 0.805. The molecule has 1 rings (SSSR count). The minimum atomic E-state index is 0.557. The molecule has 1 aromatic carbocycles. The first-order valence-electron chi connectivity index (χ1n) is 4.24. The second-order valence-electron chi connectivity index (χ2n) is 2.90. The summed E-state index contributed by atoms with van der Waals surface area (Å²) < 4.78 is 5.00. The maximum Gasteiger partial charge on any atom is 0.0727 e. The SMILES string of the molecule is COCc1ccc(CCN)cc1Cl. The van der Waals surface area contributed by atoms with Gasteiger partial charge in [-0.15, -0.1) is 0 Å². The third kappa shape index (κ3) is 2.99. The molecule has 0 aromatic heterocycles. The highest BCUT2D eigenvalue weighted by Crippen LogP contribution is 2.18. The van der Waals surface area contributed by atoms with Gasteiger partial charge in [0.25, 0.3) is 0 Å². The molecule has 0 spiro atoms. The molecule has 0 amide bonds. The van der Waals surface area contributed by atoms with Crippen molar-refractivity contribution in [2.75, 3.05) is 13.7 Å². The second-order valence-corrected chi connectivity index (χ2v) is 3.30. The predicted molar refractivity (Wildman–Crippen MR) is 54.9 cm³/mol. The van der Waals surface area contributed by atoms with Crippen LogP contribution in [0, 0.1) is 0 Å². The van der Waals surface area contributed by atoms with Crippen molar-refractivity contribution in [1.29, 1.82) is 0 Å². The highest BCUT2D eigenvalue weighted by atomic mass is 35.5. The minimum absolute atomic E-state index is 0.557. The Kier molecular flexibility index (Phi) is 4.22. The topological polar surface area (TPSA) is 35.2 Å². The van der Waals surface area contributed by atoms with Gasteiger partial charge in [-0.3, -0.25) is 0 Å². The van der Waals surface area contributed by atoms with Gasteiger partial charge >= 0.3 is 0 Å². The molecule has 0 fully saturated rings. The van der Waals surface area contributed by atoms with Crippen molar-refractivity contribution in [2.45, 2.75) is 13.0 Å². The number of rotatable bonds is 4. The molecule has 0 saturated carbocycles. The summed E-state index contributed by atoms with van der Waals surface area (Å²) in [6.07, 6.45) is 0.868. The molecule has 2 nitrogen and oxygen atoms in total. The zero-order chi connectivity index (χ0) is 9.68. The van der Waals surface area contributed by atoms with Crippen LogP contribution in [0.15, 0.2) is 18.2 Å². The third-order valence-electron chi connectivity index (χ3n) is 1.85. The van der Waals surface area contributed by atoms with Gasteiger partial charge in [-0.1, -0.05) is 23.7 Å². The molecule has 0 unspecified atom stereocenters. The Morgan fingerprint density at radius 1 is 1.46 bits per heavy atom. The first kappa shape index (κ1) is 10.5. The molecule has 0 heterocycles. The Morgan fingerprint density at radius 3 is 2.77 bits per heavy atom. The number of methoxy groups -OCH3 is 1. The number of hydrogen-bond acceptors (Lipinski definition) is 2. The molecule has 0 aliphatic carbocycles. The molecular weight excluding hydrogens is 186 g/mol. The summed E-state index contributed by atoms with van der Waals surface area (Å²) in [7, 11) is 1.66. The van der Waals surface area contributed by atoms with Crippen molar-refractivity contribution in [2.24, 2.45) is 5.73 Å². The summed E-state index contributed by atoms with van der Waals surface area (Å²) in [6.45, 7) is 1.21. The fourth-order valence-electron chi connectivity index (χ4n) is 1.19. The molecule has 0 atom stereocenters. The number of hydrogen-bond donors (Lipinski definition) is 1. The van der Waals surface area contributed by atoms with Gasteiger partial charge in [0, 0.05) is 12.1 Å². The van der Waals surface area contributed by atoms with Gasteiger partial charge in [-0.2, -0.15) is 0 Å². The maximum absolute atomic E-state index is 6.02. The second kappa shape index (κ2) is 5.22. The molecule has 1 aromatic rings. The summed E-state index contributed by atoms with van der Waals surface area (Å²) in [6, 6.07) is 5.96. The van der Waals surface area contributed by atoms with Crippen molar-refractivity contribution in [3.8, 4) is 0 Å². The summed E-state index contributed by atoms with van der Waals surface area (Å²) >= 11 is 6.02. The van der Waals surface area contributed by atoms with E-state index >= 15 is 0 Å². The fraction of sp³-hybridized carbons (Fsp3) is 0.400. The highest BCUT2D eigenvalue weighted by Gasteiger charge is 2.00. The summed E-state index contributed by atoms with van der Waals surface area (Å²) in [5.74, 6) is 0. The van der Waals surface area contributed by atoms with Crippen molar-refractivity contribution >= 4 is 11.6 Å². The Bertz CT molecular complexity index is 276. The van der Waals surface area contributed by atoms with E-state index in [1.807, 2.05) is 18.2 Å². The number of benzene rings is 1. The molecule has 72 valence electrons. The van der Waals surface area contributed by atoms with Crippen LogP contribution >= 0.6 is 11.6 Å². The molecule has 0 radical (unpaired) electrons. The average molecular weight is 200 g/mol. The van der Waals surface area contributed by atoms with Crippen LogP contribution < -0.4 is 5.73 Å². The van der Waals surface area contributed by atoms with Crippen molar-refractivity contribution in [3.05, 3.63) is 34.3 Å². The number of halogens is 1. The molecule has 0 aliphatic rings. The predicted octanol–water partition coefficient (Wildman–Crippen LogP) is 1.99. The van der Waals surface area contributed by atoms with Crippen molar-refractivity contribution in [1.82, 2.24) is 0 Å². The van der Waals surface area contributed by atoms with E-state index in [9.17, 15) is 0 Å². The van der Waals surface area contributed by atoms with Crippen LogP contribution in [-0.2, 0) is 17.8 Å². The summed E-state index contributed by atoms with van der Waals surface area (Å²) in [5.41, 5.74) is 7.63. The average Bonchev–Trinajstić information content (AvgIpc) is 2.10. The molecule has 0 bridgehead atoms. The molecule has 13 heavy (non-hydrogen) atoms. The standard InChI is InChI=1S/C10H14ClNO/c1-13-7-9-3-2-8(4-5-12)6-10(9)11/h2-3,6H,4-5,7,12H2,1H3. The third-order valence-corrected chi connectivity index (χ3v) is 2.20. The first-order valence-corrected chi connectivity index (χ1v) is 4.62. The van der Waals surface area contributed by atoms with Gasteiger partial charge < -0.3 is 10.5 Å². The van der Waals surface area contributed by atoms with Crippen LogP contribution in [0.2, 0.25) is 5.02 Å². The zero-order valence-corrected chi connectivity index (χ0v) is 8.47. The molecule has 3 heteroatoms. The van der Waals surface area contributed by atoms with Crippen LogP contribution in [0.25, 0.3) is 0 Å². The van der Waals surface area contributed by atoms with Crippen LogP contribution in [-0.4, -0.2) is 13.7 Å². The number of ether oxygens (including phenoxy) is 1. The largest absolute Gasteiger partial charge is 0.380 e. The van der Waals surface area contributed by atoms with Gasteiger partial charge in [-0.05, 0) is 30.2 Å². The lowest BCUT2D eigenvalue weighted by molar-refractivity contribution is 0.185. The van der Waals surface area contributed by atoms with Gasteiger partial charge in [0.05, 0.1) is 6.61 Å². The lowest BCUT2D eigenvalue weighted by atomic mass is 10.1. The molecule has 2 N–H and O–H groups in total. The zero-order valence-electron chi connectivity index (χ0n) is 7.72. The van der Waals surface area contributed by atoms with Gasteiger partial charge in [0.15, 0.2) is 0 Å². The van der Waals surface area contributed by atoms with E-state index in [0.717, 1.165) is 17.0 Å². The highest BCUT2D eigenvalue weighted by molar-refractivity contribution is 6.31. The minimum Gasteiger partial charge on any atom is -0.380 e. The summed E-state index contributed by atoms with van der Waals surface area (Å²) in [4.78, 5) is 0. The lowest BCUT2D eigenvalue weighted by Crippen LogP contribution is -2.02. The van der Waals surface area contributed by atoms with Crippen molar-refractivity contribution < 1.29 is 4.74 Å². The van der Waals surface area contributed by atoms with E-state index < -0.39 is 0 Å². The van der Waals surface area contributed by atoms with E-state index in [-0.39, 0.29) is 0 Å². The Labute approximate surface area is 83.6 Å². The van der Waals surface area contributed by atoms with Gasteiger partial charge in [-0.25, -0.2) is 0 Å². The normalized spacial score (nSPS) is 10.4. The lowest BCUT2D eigenvalue weighted by Gasteiger charge is -2.05. The van der Waals surface area contributed by atoms with Crippen LogP contribution in [0.1, 0.15) is 11.1 Å². The van der Waals surface area contributed by atoms with E-state index in [1.165, 1.54) is 5.56 Å². The smallest absolute Gasteiger partial charge is 0.0727 e. The van der Waals surface area contributed by atoms with E-state index in [0.29, 0.717) is 13.2 Å². The van der Waals surface area contributed by atoms with Gasteiger partial charge in [0.1, 0.15) is 0 Å². The Hall–Kier alpha value is -0.570. The molecule has 0 aliphatic heterocycles. The van der Waals surface area contributed by atoms with E-state index in [2.05, 4.69) is 0 Å². The van der Waals surface area contributed by atoms with E-state index in [1.54, 1.807) is 7.11 Å². The Morgan fingerprint density at radius 2 is 2.23 bits per heavy atom. The summed E-state index contributed by atoms with van der Waals surface area (Å²) in [5, 5.41) is 0.757. The van der Waals surface area contributed by atoms with Crippen LogP contribution in [0.5, 0.6) is 0 Å². The fourth-order valence-corrected chi connectivity index (χ4v) is 1.44. The monoisotopic (exact) mass is 199 g/mol. The first-order chi connectivity index (χ1) is 6.27. The molecular formula is C10H14ClNO. The van der Waals surface area contributed by atoms with E-state index in [4.69, 9.17) is 22.1 Å². The van der Waals surface area contributed by atoms with Crippen LogP contribution in [0.4, 0.5) is 0 Å².